The first-order valence-electron chi connectivity index (χ1n) is 10.2. The van der Waals surface area contributed by atoms with Crippen molar-refractivity contribution in [3.8, 4) is 11.6 Å². The number of aromatic nitrogens is 2. The number of aromatic amines is 1. The van der Waals surface area contributed by atoms with E-state index in [0.717, 1.165) is 35.2 Å². The van der Waals surface area contributed by atoms with Gasteiger partial charge < -0.3 is 15.1 Å². The first-order valence-corrected chi connectivity index (χ1v) is 10.2. The number of nitrogens with zero attached hydrogens (tertiary/aromatic N) is 2. The van der Waals surface area contributed by atoms with Crippen LogP contribution in [0.4, 0.5) is 0 Å². The van der Waals surface area contributed by atoms with Gasteiger partial charge >= 0.3 is 0 Å². The molecule has 0 bridgehead atoms. The second-order valence-electron chi connectivity index (χ2n) is 8.15. The Bertz CT molecular complexity index is 1000. The zero-order valence-corrected chi connectivity index (χ0v) is 16.7. The summed E-state index contributed by atoms with van der Waals surface area (Å²) in [5, 5.41) is 14.2. The Kier molecular flexibility index (Phi) is 5.38. The van der Waals surface area contributed by atoms with Crippen molar-refractivity contribution in [3.05, 3.63) is 51.8 Å². The Balaban J connectivity index is 1.51. The number of hydrogen-bond acceptors (Lipinski definition) is 6. The zero-order valence-electron chi connectivity index (χ0n) is 16.7. The number of benzene rings is 1. The van der Waals surface area contributed by atoms with Crippen LogP contribution in [0.3, 0.4) is 0 Å². The molecule has 1 aliphatic carbocycles. The molecule has 8 heteroatoms. The summed E-state index contributed by atoms with van der Waals surface area (Å²) in [6.07, 6.45) is 2.53. The largest absolute Gasteiger partial charge is 0.458 e. The van der Waals surface area contributed by atoms with Gasteiger partial charge in [0.25, 0.3) is 0 Å². The molecule has 0 amide bonds. The van der Waals surface area contributed by atoms with Gasteiger partial charge in [-0.2, -0.15) is 0 Å². The van der Waals surface area contributed by atoms with Gasteiger partial charge in [0, 0.05) is 29.7 Å². The Morgan fingerprint density at radius 3 is 2.69 bits per heavy atom. The molecule has 154 valence electrons. The van der Waals surface area contributed by atoms with Gasteiger partial charge in [-0.1, -0.05) is 6.07 Å². The molecule has 29 heavy (non-hydrogen) atoms. The normalized spacial score (nSPS) is 21.0. The van der Waals surface area contributed by atoms with Gasteiger partial charge in [-0.3, -0.25) is 15.4 Å². The maximum atomic E-state index is 10.9. The maximum absolute atomic E-state index is 10.9. The van der Waals surface area contributed by atoms with E-state index in [1.165, 1.54) is 0 Å². The van der Waals surface area contributed by atoms with Crippen molar-refractivity contribution in [1.29, 1.82) is 0 Å². The highest BCUT2D eigenvalue weighted by Crippen LogP contribution is 2.36. The molecule has 1 saturated carbocycles. The average molecular weight is 397 g/mol. The first-order chi connectivity index (χ1) is 13.9. The monoisotopic (exact) mass is 397 g/mol. The number of hydrogen-bond donors (Lipinski definition) is 3. The van der Waals surface area contributed by atoms with Crippen LogP contribution in [0, 0.1) is 10.1 Å². The minimum atomic E-state index is -0.415. The molecule has 8 nitrogen and oxygen atoms in total. The van der Waals surface area contributed by atoms with Gasteiger partial charge in [-0.05, 0) is 56.5 Å². The summed E-state index contributed by atoms with van der Waals surface area (Å²) in [5.74, 6) is 2.47. The van der Waals surface area contributed by atoms with Crippen molar-refractivity contribution in [2.24, 2.45) is 5.73 Å². The highest BCUT2D eigenvalue weighted by atomic mass is 16.6. The lowest BCUT2D eigenvalue weighted by Crippen LogP contribution is -2.33. The van der Waals surface area contributed by atoms with E-state index in [1.807, 2.05) is 30.3 Å². The summed E-state index contributed by atoms with van der Waals surface area (Å²) in [6, 6.07) is 9.70. The summed E-state index contributed by atoms with van der Waals surface area (Å²) in [5.41, 5.74) is 8.96. The van der Waals surface area contributed by atoms with E-state index in [1.54, 1.807) is 0 Å². The highest BCUT2D eigenvalue weighted by Gasteiger charge is 2.30. The molecular formula is C21H27N5O3. The molecule has 0 saturated heterocycles. The van der Waals surface area contributed by atoms with E-state index < -0.39 is 6.04 Å². The Morgan fingerprint density at radius 2 is 2.00 bits per heavy atom. The van der Waals surface area contributed by atoms with Gasteiger partial charge in [-0.15, -0.1) is 0 Å². The Hall–Kier alpha value is -2.71. The van der Waals surface area contributed by atoms with Gasteiger partial charge in [0.15, 0.2) is 11.6 Å². The summed E-state index contributed by atoms with van der Waals surface area (Å²) in [6.45, 7) is 4.12. The molecule has 1 aromatic carbocycles. The number of H-pyrrole nitrogens is 1. The molecule has 2 aromatic heterocycles. The first kappa shape index (κ1) is 19.6. The Morgan fingerprint density at radius 1 is 1.24 bits per heavy atom. The molecule has 1 atom stereocenters. The van der Waals surface area contributed by atoms with Crippen LogP contribution in [-0.2, 0) is 0 Å². The minimum absolute atomic E-state index is 0.158. The van der Waals surface area contributed by atoms with Crippen LogP contribution in [0.25, 0.3) is 22.6 Å². The number of nitrogens with two attached hydrogens (primary N) is 1. The summed E-state index contributed by atoms with van der Waals surface area (Å²) in [7, 11) is 0. The number of fused-ring (bicyclic) bond motifs is 1. The number of imidazole rings is 1. The van der Waals surface area contributed by atoms with Gasteiger partial charge in [0.05, 0.1) is 17.2 Å². The van der Waals surface area contributed by atoms with Crippen molar-refractivity contribution in [2.45, 2.75) is 63.7 Å². The Labute approximate surface area is 169 Å². The van der Waals surface area contributed by atoms with Gasteiger partial charge in [0.2, 0.25) is 6.04 Å². The number of rotatable bonds is 6. The summed E-state index contributed by atoms with van der Waals surface area (Å²) < 4.78 is 6.06. The van der Waals surface area contributed by atoms with Crippen LogP contribution in [0.15, 0.2) is 34.7 Å². The summed E-state index contributed by atoms with van der Waals surface area (Å²) >= 11 is 0. The maximum Gasteiger partial charge on any atom is 0.213 e. The summed E-state index contributed by atoms with van der Waals surface area (Å²) in [4.78, 5) is 18.7. The second kappa shape index (κ2) is 7.96. The standard InChI is InChI=1S/C21H27N5O3/c1-12(2)23-20(22)14-5-8-16-17(11-14)25-21(24-16)19-10-9-18(29-19)13-3-6-15(7-4-13)26(27)28/h5,8-13,15,20,23H,3-4,6-7,22H2,1-2H3,(H,24,25). The molecule has 1 aliphatic rings. The van der Waals surface area contributed by atoms with Crippen molar-refractivity contribution in [3.63, 3.8) is 0 Å². The van der Waals surface area contributed by atoms with E-state index in [4.69, 9.17) is 10.2 Å². The van der Waals surface area contributed by atoms with Gasteiger partial charge in [-0.25, -0.2) is 4.98 Å². The van der Waals surface area contributed by atoms with E-state index in [2.05, 4.69) is 29.1 Å². The van der Waals surface area contributed by atoms with E-state index >= 15 is 0 Å². The molecule has 4 rings (SSSR count). The third kappa shape index (κ3) is 4.18. The highest BCUT2D eigenvalue weighted by molar-refractivity contribution is 5.79. The van der Waals surface area contributed by atoms with E-state index in [0.29, 0.717) is 30.5 Å². The lowest BCUT2D eigenvalue weighted by Gasteiger charge is -2.22. The lowest BCUT2D eigenvalue weighted by atomic mass is 9.85. The lowest BCUT2D eigenvalue weighted by molar-refractivity contribution is -0.526. The molecule has 1 unspecified atom stereocenters. The van der Waals surface area contributed by atoms with Crippen LogP contribution >= 0.6 is 0 Å². The molecule has 4 N–H and O–H groups in total. The third-order valence-corrected chi connectivity index (χ3v) is 5.64. The topological polar surface area (TPSA) is 123 Å². The molecule has 0 spiro atoms. The molecular weight excluding hydrogens is 370 g/mol. The fraction of sp³-hybridized carbons (Fsp3) is 0.476. The molecule has 0 aliphatic heterocycles. The third-order valence-electron chi connectivity index (χ3n) is 5.64. The molecule has 2 heterocycles. The fourth-order valence-corrected chi connectivity index (χ4v) is 4.06. The van der Waals surface area contributed by atoms with Gasteiger partial charge in [0.1, 0.15) is 5.76 Å². The van der Waals surface area contributed by atoms with Crippen LogP contribution in [0.5, 0.6) is 0 Å². The number of furan rings is 1. The quantitative estimate of drug-likeness (QED) is 0.327. The fourth-order valence-electron chi connectivity index (χ4n) is 4.06. The van der Waals surface area contributed by atoms with Crippen LogP contribution in [0.1, 0.15) is 62.9 Å². The van der Waals surface area contributed by atoms with Crippen LogP contribution in [-0.4, -0.2) is 27.0 Å². The van der Waals surface area contributed by atoms with Crippen LogP contribution in [0.2, 0.25) is 0 Å². The second-order valence-corrected chi connectivity index (χ2v) is 8.15. The van der Waals surface area contributed by atoms with E-state index in [-0.39, 0.29) is 17.0 Å². The van der Waals surface area contributed by atoms with Crippen molar-refractivity contribution >= 4 is 11.0 Å². The zero-order chi connectivity index (χ0) is 20.5. The van der Waals surface area contributed by atoms with Crippen LogP contribution < -0.4 is 11.1 Å². The number of nitrogens with one attached hydrogen (secondary N) is 2. The molecule has 0 radical (unpaired) electrons. The predicted octanol–water partition coefficient (Wildman–Crippen LogP) is 4.08. The predicted molar refractivity (Wildman–Crippen MR) is 111 cm³/mol. The minimum Gasteiger partial charge on any atom is -0.458 e. The van der Waals surface area contributed by atoms with Crippen molar-refractivity contribution in [2.75, 3.05) is 0 Å². The number of nitro groups is 1. The SMILES string of the molecule is CC(C)NC(N)c1ccc2nc(-c3ccc(C4CCC([N+](=O)[O-])CC4)o3)[nH]c2c1. The molecule has 3 aromatic rings. The molecule has 1 fully saturated rings. The average Bonchev–Trinajstić information content (AvgIpc) is 3.34. The van der Waals surface area contributed by atoms with Crippen molar-refractivity contribution in [1.82, 2.24) is 15.3 Å². The van der Waals surface area contributed by atoms with Crippen molar-refractivity contribution < 1.29 is 9.34 Å². The van der Waals surface area contributed by atoms with E-state index in [9.17, 15) is 10.1 Å². The smallest absolute Gasteiger partial charge is 0.213 e.